The minimum absolute atomic E-state index is 0.0394. The fourth-order valence-electron chi connectivity index (χ4n) is 1.53. The molecule has 0 aliphatic carbocycles. The summed E-state index contributed by atoms with van der Waals surface area (Å²) in [7, 11) is 3.47. The van der Waals surface area contributed by atoms with Gasteiger partial charge in [-0.2, -0.15) is 0 Å². The van der Waals surface area contributed by atoms with Crippen molar-refractivity contribution >= 4 is 15.9 Å². The van der Waals surface area contributed by atoms with Gasteiger partial charge in [-0.25, -0.2) is 4.39 Å². The molecule has 1 unspecified atom stereocenters. The van der Waals surface area contributed by atoms with Crippen molar-refractivity contribution in [2.24, 2.45) is 0 Å². The number of hydrogen-bond acceptors (Lipinski definition) is 2. The van der Waals surface area contributed by atoms with Crippen LogP contribution in [-0.4, -0.2) is 27.3 Å². The largest absolute Gasteiger partial charge is 0.384 e. The molecule has 0 fully saturated rings. The first kappa shape index (κ1) is 12.6. The van der Waals surface area contributed by atoms with E-state index in [9.17, 15) is 4.39 Å². The number of hydrogen-bond donors (Lipinski definition) is 1. The molecule has 0 aliphatic rings. The van der Waals surface area contributed by atoms with Crippen molar-refractivity contribution in [2.75, 3.05) is 27.3 Å². The Morgan fingerprint density at radius 3 is 2.87 bits per heavy atom. The highest BCUT2D eigenvalue weighted by Crippen LogP contribution is 2.23. The van der Waals surface area contributed by atoms with Crippen LogP contribution in [0.15, 0.2) is 22.7 Å². The van der Waals surface area contributed by atoms with E-state index in [1.165, 1.54) is 6.07 Å². The van der Waals surface area contributed by atoms with E-state index in [0.29, 0.717) is 18.7 Å². The smallest absolute Gasteiger partial charge is 0.126 e. The van der Waals surface area contributed by atoms with Crippen molar-refractivity contribution in [1.29, 1.82) is 0 Å². The maximum atomic E-state index is 13.6. The van der Waals surface area contributed by atoms with Gasteiger partial charge in [0.1, 0.15) is 5.82 Å². The molecule has 0 heterocycles. The summed E-state index contributed by atoms with van der Waals surface area (Å²) in [5, 5.41) is 3.04. The highest BCUT2D eigenvalue weighted by Gasteiger charge is 2.15. The van der Waals surface area contributed by atoms with Crippen molar-refractivity contribution in [3.05, 3.63) is 34.1 Å². The molecule has 0 spiro atoms. The van der Waals surface area contributed by atoms with Gasteiger partial charge < -0.3 is 10.1 Å². The van der Waals surface area contributed by atoms with Gasteiger partial charge in [0.05, 0.1) is 6.61 Å². The van der Waals surface area contributed by atoms with Gasteiger partial charge in [-0.3, -0.25) is 0 Å². The average Bonchev–Trinajstić information content (AvgIpc) is 2.21. The zero-order chi connectivity index (χ0) is 11.3. The van der Waals surface area contributed by atoms with Crippen LogP contribution in [0.2, 0.25) is 0 Å². The van der Waals surface area contributed by atoms with Gasteiger partial charge in [0, 0.05) is 24.0 Å². The second-order valence-electron chi connectivity index (χ2n) is 3.38. The Balaban J connectivity index is 2.93. The molecule has 15 heavy (non-hydrogen) atoms. The van der Waals surface area contributed by atoms with Crippen LogP contribution in [0.4, 0.5) is 4.39 Å². The van der Waals surface area contributed by atoms with E-state index in [1.54, 1.807) is 19.2 Å². The van der Waals surface area contributed by atoms with Crippen molar-refractivity contribution in [2.45, 2.75) is 5.92 Å². The zero-order valence-corrected chi connectivity index (χ0v) is 10.5. The third kappa shape index (κ3) is 3.55. The monoisotopic (exact) mass is 275 g/mol. The summed E-state index contributed by atoms with van der Waals surface area (Å²) in [5.41, 5.74) is 0.681. The molecular formula is C11H15BrFNO. The number of likely N-dealkylation sites (N-methyl/N-ethyl adjacent to an activating group) is 1. The van der Waals surface area contributed by atoms with Crippen LogP contribution in [0.3, 0.4) is 0 Å². The Morgan fingerprint density at radius 2 is 2.27 bits per heavy atom. The van der Waals surface area contributed by atoms with Gasteiger partial charge in [-0.05, 0) is 30.8 Å². The Hall–Kier alpha value is -0.450. The topological polar surface area (TPSA) is 21.3 Å². The Kier molecular flexibility index (Phi) is 5.22. The first-order valence-electron chi connectivity index (χ1n) is 4.77. The van der Waals surface area contributed by atoms with E-state index < -0.39 is 0 Å². The quantitative estimate of drug-likeness (QED) is 0.892. The second kappa shape index (κ2) is 6.20. The molecule has 0 aliphatic heterocycles. The third-order valence-corrected chi connectivity index (χ3v) is 2.71. The van der Waals surface area contributed by atoms with E-state index in [4.69, 9.17) is 4.74 Å². The summed E-state index contributed by atoms with van der Waals surface area (Å²) < 4.78 is 19.5. The minimum Gasteiger partial charge on any atom is -0.384 e. The molecule has 0 saturated heterocycles. The van der Waals surface area contributed by atoms with Crippen LogP contribution in [0.5, 0.6) is 0 Å². The van der Waals surface area contributed by atoms with Crippen molar-refractivity contribution in [3.63, 3.8) is 0 Å². The van der Waals surface area contributed by atoms with Crippen LogP contribution in [0.1, 0.15) is 11.5 Å². The molecule has 1 aromatic rings. The number of rotatable bonds is 5. The lowest BCUT2D eigenvalue weighted by Crippen LogP contribution is -2.21. The maximum Gasteiger partial charge on any atom is 0.126 e. The third-order valence-electron chi connectivity index (χ3n) is 2.22. The molecule has 1 atom stereocenters. The number of benzene rings is 1. The molecule has 0 bridgehead atoms. The molecular weight excluding hydrogens is 261 g/mol. The lowest BCUT2D eigenvalue weighted by molar-refractivity contribution is 0.177. The molecule has 0 aromatic heterocycles. The summed E-state index contributed by atoms with van der Waals surface area (Å²) in [4.78, 5) is 0. The Bertz CT molecular complexity index is 313. The summed E-state index contributed by atoms with van der Waals surface area (Å²) >= 11 is 3.34. The maximum absolute atomic E-state index is 13.6. The van der Waals surface area contributed by atoms with E-state index in [1.807, 2.05) is 7.05 Å². The normalized spacial score (nSPS) is 12.8. The molecule has 0 saturated carbocycles. The van der Waals surface area contributed by atoms with E-state index in [2.05, 4.69) is 21.2 Å². The van der Waals surface area contributed by atoms with Gasteiger partial charge in [-0.15, -0.1) is 0 Å². The van der Waals surface area contributed by atoms with Crippen LogP contribution in [0.25, 0.3) is 0 Å². The van der Waals surface area contributed by atoms with Crippen LogP contribution < -0.4 is 5.32 Å². The molecule has 1 N–H and O–H groups in total. The lowest BCUT2D eigenvalue weighted by Gasteiger charge is -2.17. The summed E-state index contributed by atoms with van der Waals surface area (Å²) in [6, 6.07) is 4.97. The molecule has 2 nitrogen and oxygen atoms in total. The molecule has 4 heteroatoms. The zero-order valence-electron chi connectivity index (χ0n) is 8.89. The van der Waals surface area contributed by atoms with Crippen LogP contribution >= 0.6 is 15.9 Å². The first-order chi connectivity index (χ1) is 7.19. The first-order valence-corrected chi connectivity index (χ1v) is 5.56. The summed E-state index contributed by atoms with van der Waals surface area (Å²) in [6.45, 7) is 1.20. The number of halogens is 2. The molecule has 0 amide bonds. The Labute approximate surface area is 98.0 Å². The SMILES string of the molecule is CNCC(COC)c1cc(Br)ccc1F. The number of ether oxygens (including phenoxy) is 1. The van der Waals surface area contributed by atoms with Crippen molar-refractivity contribution in [1.82, 2.24) is 5.32 Å². The fourth-order valence-corrected chi connectivity index (χ4v) is 1.91. The van der Waals surface area contributed by atoms with E-state index >= 15 is 0 Å². The van der Waals surface area contributed by atoms with Gasteiger partial charge >= 0.3 is 0 Å². The van der Waals surface area contributed by atoms with E-state index in [0.717, 1.165) is 4.47 Å². The van der Waals surface area contributed by atoms with Crippen molar-refractivity contribution < 1.29 is 9.13 Å². The lowest BCUT2D eigenvalue weighted by atomic mass is 9.99. The minimum atomic E-state index is -0.185. The second-order valence-corrected chi connectivity index (χ2v) is 4.29. The fraction of sp³-hybridized carbons (Fsp3) is 0.455. The molecule has 1 aromatic carbocycles. The highest BCUT2D eigenvalue weighted by atomic mass is 79.9. The van der Waals surface area contributed by atoms with Crippen LogP contribution in [0, 0.1) is 5.82 Å². The standard InChI is InChI=1S/C11H15BrFNO/c1-14-6-8(7-15-2)10-5-9(12)3-4-11(10)13/h3-5,8,14H,6-7H2,1-2H3. The van der Waals surface area contributed by atoms with Crippen molar-refractivity contribution in [3.8, 4) is 0 Å². The molecule has 0 radical (unpaired) electrons. The van der Waals surface area contributed by atoms with E-state index in [-0.39, 0.29) is 11.7 Å². The summed E-state index contributed by atoms with van der Waals surface area (Å²) in [6.07, 6.45) is 0. The molecule has 84 valence electrons. The Morgan fingerprint density at radius 1 is 1.53 bits per heavy atom. The van der Waals surface area contributed by atoms with Crippen LogP contribution in [-0.2, 0) is 4.74 Å². The predicted octanol–water partition coefficient (Wildman–Crippen LogP) is 2.54. The molecule has 1 rings (SSSR count). The van der Waals surface area contributed by atoms with Gasteiger partial charge in [-0.1, -0.05) is 15.9 Å². The highest BCUT2D eigenvalue weighted by molar-refractivity contribution is 9.10. The average molecular weight is 276 g/mol. The predicted molar refractivity (Wildman–Crippen MR) is 62.6 cm³/mol. The van der Waals surface area contributed by atoms with Gasteiger partial charge in [0.15, 0.2) is 0 Å². The van der Waals surface area contributed by atoms with Gasteiger partial charge in [0.25, 0.3) is 0 Å². The summed E-state index contributed by atoms with van der Waals surface area (Å²) in [5.74, 6) is -0.145. The number of methoxy groups -OCH3 is 1. The number of nitrogens with one attached hydrogen (secondary N) is 1. The van der Waals surface area contributed by atoms with Gasteiger partial charge in [0.2, 0.25) is 0 Å².